The van der Waals surface area contributed by atoms with E-state index in [-0.39, 0.29) is 11.8 Å². The Balaban J connectivity index is 1.23. The lowest BCUT2D eigenvalue weighted by Gasteiger charge is -2.31. The molecule has 1 aromatic heterocycles. The summed E-state index contributed by atoms with van der Waals surface area (Å²) >= 11 is 0. The molecule has 3 amide bonds. The number of carbonyl (C=O) groups is 3. The zero-order valence-electron chi connectivity index (χ0n) is 17.6. The van der Waals surface area contributed by atoms with E-state index >= 15 is 0 Å². The molecule has 0 atom stereocenters. The Hall–Kier alpha value is -3.56. The molecule has 3 heterocycles. The Morgan fingerprint density at radius 3 is 2.53 bits per heavy atom. The monoisotopic (exact) mass is 440 g/mol. The van der Waals surface area contributed by atoms with Gasteiger partial charge < -0.3 is 20.4 Å². The number of anilines is 3. The maximum absolute atomic E-state index is 13.0. The number of rotatable bonds is 5. The van der Waals surface area contributed by atoms with Crippen LogP contribution in [0.5, 0.6) is 0 Å². The minimum absolute atomic E-state index is 0.0586. The summed E-state index contributed by atoms with van der Waals surface area (Å²) in [6, 6.07) is 6.93. The molecule has 2 N–H and O–H groups in total. The summed E-state index contributed by atoms with van der Waals surface area (Å²) in [6.07, 6.45) is 5.23. The molecule has 10 heteroatoms. The van der Waals surface area contributed by atoms with Crippen molar-refractivity contribution in [2.45, 2.75) is 25.7 Å². The van der Waals surface area contributed by atoms with E-state index in [1.54, 1.807) is 23.1 Å². The molecule has 0 aliphatic carbocycles. The molecule has 2 aliphatic heterocycles. The number of halogens is 1. The second-order valence-electron chi connectivity index (χ2n) is 8.00. The summed E-state index contributed by atoms with van der Waals surface area (Å²) in [5, 5.41) is 5.29. The standard InChI is InChI=1S/C22H25FN6O3/c23-16-13-25-22(26-14-16)28-9-6-15(7-10-28)12-24-20(31)21(32)27-17-3-1-4-18(11-17)29-8-2-5-19(29)30/h1,3-4,11,13-15H,2,5-10,12H2,(H,24,31)(H,27,32). The summed E-state index contributed by atoms with van der Waals surface area (Å²) in [5.74, 6) is -1.13. The molecule has 2 aromatic rings. The van der Waals surface area contributed by atoms with Crippen LogP contribution in [0.1, 0.15) is 25.7 Å². The highest BCUT2D eigenvalue weighted by Crippen LogP contribution is 2.24. The summed E-state index contributed by atoms with van der Waals surface area (Å²) < 4.78 is 13.0. The molecule has 0 unspecified atom stereocenters. The lowest BCUT2D eigenvalue weighted by molar-refractivity contribution is -0.136. The van der Waals surface area contributed by atoms with E-state index in [0.29, 0.717) is 49.9 Å². The van der Waals surface area contributed by atoms with E-state index in [4.69, 9.17) is 0 Å². The third-order valence-corrected chi connectivity index (χ3v) is 5.75. The fourth-order valence-corrected chi connectivity index (χ4v) is 3.98. The quantitative estimate of drug-likeness (QED) is 0.686. The number of hydrogen-bond donors (Lipinski definition) is 2. The number of nitrogens with zero attached hydrogens (tertiary/aromatic N) is 4. The summed E-state index contributed by atoms with van der Waals surface area (Å²) in [6.45, 7) is 2.44. The largest absolute Gasteiger partial charge is 0.348 e. The predicted octanol–water partition coefficient (Wildman–Crippen LogP) is 1.71. The Morgan fingerprint density at radius 1 is 1.09 bits per heavy atom. The van der Waals surface area contributed by atoms with Gasteiger partial charge in [-0.25, -0.2) is 14.4 Å². The van der Waals surface area contributed by atoms with E-state index in [1.165, 1.54) is 0 Å². The van der Waals surface area contributed by atoms with Gasteiger partial charge in [0, 0.05) is 44.0 Å². The third-order valence-electron chi connectivity index (χ3n) is 5.75. The number of piperidine rings is 1. The molecule has 0 spiro atoms. The van der Waals surface area contributed by atoms with E-state index in [1.807, 2.05) is 11.0 Å². The van der Waals surface area contributed by atoms with Gasteiger partial charge in [0.05, 0.1) is 12.4 Å². The van der Waals surface area contributed by atoms with Crippen LogP contribution in [-0.2, 0) is 14.4 Å². The average Bonchev–Trinajstić information content (AvgIpc) is 3.24. The molecule has 2 aliphatic rings. The number of aromatic nitrogens is 2. The molecule has 32 heavy (non-hydrogen) atoms. The lowest BCUT2D eigenvalue weighted by atomic mass is 9.97. The summed E-state index contributed by atoms with van der Waals surface area (Å²) in [4.78, 5) is 48.1. The fraction of sp³-hybridized carbons (Fsp3) is 0.409. The Morgan fingerprint density at radius 2 is 1.84 bits per heavy atom. The zero-order valence-corrected chi connectivity index (χ0v) is 17.6. The summed E-state index contributed by atoms with van der Waals surface area (Å²) in [5.41, 5.74) is 1.18. The maximum atomic E-state index is 13.0. The van der Waals surface area contributed by atoms with E-state index in [2.05, 4.69) is 20.6 Å². The average molecular weight is 440 g/mol. The third kappa shape index (κ3) is 5.19. The fourth-order valence-electron chi connectivity index (χ4n) is 3.98. The lowest BCUT2D eigenvalue weighted by Crippen LogP contribution is -2.42. The molecular formula is C22H25FN6O3. The number of hydrogen-bond acceptors (Lipinski definition) is 6. The van der Waals surface area contributed by atoms with Gasteiger partial charge in [-0.2, -0.15) is 0 Å². The number of carbonyl (C=O) groups excluding carboxylic acids is 3. The van der Waals surface area contributed by atoms with Gasteiger partial charge in [-0.3, -0.25) is 14.4 Å². The first-order chi connectivity index (χ1) is 15.5. The Labute approximate surface area is 185 Å². The van der Waals surface area contributed by atoms with Crippen LogP contribution in [-0.4, -0.2) is 53.9 Å². The van der Waals surface area contributed by atoms with Gasteiger partial charge in [0.2, 0.25) is 11.9 Å². The van der Waals surface area contributed by atoms with Crippen molar-refractivity contribution in [2.24, 2.45) is 5.92 Å². The van der Waals surface area contributed by atoms with Gasteiger partial charge in [-0.1, -0.05) is 6.07 Å². The highest BCUT2D eigenvalue weighted by atomic mass is 19.1. The predicted molar refractivity (Wildman–Crippen MR) is 117 cm³/mol. The SMILES string of the molecule is O=C(NCC1CCN(c2ncc(F)cn2)CC1)C(=O)Nc1cccc(N2CCCC2=O)c1. The van der Waals surface area contributed by atoms with Gasteiger partial charge in [-0.15, -0.1) is 0 Å². The Kier molecular flexibility index (Phi) is 6.58. The first-order valence-electron chi connectivity index (χ1n) is 10.7. The van der Waals surface area contributed by atoms with Crippen LogP contribution in [0.2, 0.25) is 0 Å². The smallest absolute Gasteiger partial charge is 0.313 e. The first-order valence-corrected chi connectivity index (χ1v) is 10.7. The van der Waals surface area contributed by atoms with Gasteiger partial charge >= 0.3 is 11.8 Å². The van der Waals surface area contributed by atoms with Crippen LogP contribution >= 0.6 is 0 Å². The minimum atomic E-state index is -0.743. The van der Waals surface area contributed by atoms with Crippen molar-refractivity contribution in [1.29, 1.82) is 0 Å². The Bertz CT molecular complexity index is 991. The molecule has 0 saturated carbocycles. The number of nitrogens with one attached hydrogen (secondary N) is 2. The van der Waals surface area contributed by atoms with Crippen LogP contribution in [0.15, 0.2) is 36.7 Å². The highest BCUT2D eigenvalue weighted by Gasteiger charge is 2.24. The molecular weight excluding hydrogens is 415 g/mol. The van der Waals surface area contributed by atoms with E-state index in [0.717, 1.165) is 31.7 Å². The van der Waals surface area contributed by atoms with Crippen LogP contribution in [0.3, 0.4) is 0 Å². The van der Waals surface area contributed by atoms with Crippen molar-refractivity contribution in [3.63, 3.8) is 0 Å². The first kappa shape index (κ1) is 21.7. The maximum Gasteiger partial charge on any atom is 0.313 e. The molecule has 168 valence electrons. The topological polar surface area (TPSA) is 108 Å². The van der Waals surface area contributed by atoms with Crippen molar-refractivity contribution < 1.29 is 18.8 Å². The van der Waals surface area contributed by atoms with Crippen molar-refractivity contribution in [1.82, 2.24) is 15.3 Å². The highest BCUT2D eigenvalue weighted by molar-refractivity contribution is 6.39. The van der Waals surface area contributed by atoms with Gasteiger partial charge in [0.15, 0.2) is 5.82 Å². The molecule has 9 nitrogen and oxygen atoms in total. The van der Waals surface area contributed by atoms with E-state index in [9.17, 15) is 18.8 Å². The molecule has 4 rings (SSSR count). The second-order valence-corrected chi connectivity index (χ2v) is 8.00. The molecule has 0 bridgehead atoms. The summed E-state index contributed by atoms with van der Waals surface area (Å²) in [7, 11) is 0. The van der Waals surface area contributed by atoms with Gasteiger partial charge in [0.25, 0.3) is 0 Å². The molecule has 1 aromatic carbocycles. The van der Waals surface area contributed by atoms with Crippen molar-refractivity contribution in [2.75, 3.05) is 41.3 Å². The zero-order chi connectivity index (χ0) is 22.5. The molecule has 0 radical (unpaired) electrons. The van der Waals surface area contributed by atoms with E-state index < -0.39 is 17.6 Å². The van der Waals surface area contributed by atoms with Crippen LogP contribution in [0, 0.1) is 11.7 Å². The van der Waals surface area contributed by atoms with Crippen LogP contribution in [0.25, 0.3) is 0 Å². The van der Waals surface area contributed by atoms with Gasteiger partial charge in [0.1, 0.15) is 0 Å². The van der Waals surface area contributed by atoms with Crippen molar-refractivity contribution in [3.8, 4) is 0 Å². The number of amides is 3. The van der Waals surface area contributed by atoms with Crippen LogP contribution in [0.4, 0.5) is 21.7 Å². The number of benzene rings is 1. The van der Waals surface area contributed by atoms with Crippen molar-refractivity contribution in [3.05, 3.63) is 42.5 Å². The normalized spacial score (nSPS) is 16.8. The molecule has 2 saturated heterocycles. The van der Waals surface area contributed by atoms with Gasteiger partial charge in [-0.05, 0) is 43.4 Å². The molecule has 2 fully saturated rings. The minimum Gasteiger partial charge on any atom is -0.348 e. The van der Waals surface area contributed by atoms with Crippen molar-refractivity contribution >= 4 is 35.0 Å². The second kappa shape index (κ2) is 9.71. The van der Waals surface area contributed by atoms with Crippen LogP contribution < -0.4 is 20.4 Å².